The first-order valence-electron chi connectivity index (χ1n) is 6.00. The van der Waals surface area contributed by atoms with E-state index in [2.05, 4.69) is 31.3 Å². The van der Waals surface area contributed by atoms with E-state index in [0.29, 0.717) is 0 Å². The van der Waals surface area contributed by atoms with E-state index in [1.807, 2.05) is 37.8 Å². The van der Waals surface area contributed by atoms with E-state index in [0.717, 1.165) is 33.0 Å². The van der Waals surface area contributed by atoms with E-state index in [-0.39, 0.29) is 6.04 Å². The van der Waals surface area contributed by atoms with Crippen LogP contribution in [0.3, 0.4) is 0 Å². The first-order chi connectivity index (χ1) is 9.04. The first kappa shape index (κ1) is 14.5. The Balaban J connectivity index is 2.32. The highest BCUT2D eigenvalue weighted by Gasteiger charge is 2.19. The van der Waals surface area contributed by atoms with Crippen molar-refractivity contribution in [2.75, 3.05) is 7.05 Å². The molecular formula is C13H16BrClN4. The van der Waals surface area contributed by atoms with E-state index in [4.69, 9.17) is 11.6 Å². The van der Waals surface area contributed by atoms with Crippen LogP contribution >= 0.6 is 27.5 Å². The Morgan fingerprint density at radius 1 is 1.53 bits per heavy atom. The standard InChI is InChI=1S/C13H16BrClN4/c1-8-12(15)11(19(3)18-8)7-10(16-2)13-9(14)5-4-6-17-13/h4-6,10,16H,7H2,1-3H3. The number of halogens is 2. The van der Waals surface area contributed by atoms with Gasteiger partial charge in [0.1, 0.15) is 0 Å². The SMILES string of the molecule is CNC(Cc1c(Cl)c(C)nn1C)c1ncccc1Br. The molecule has 0 aliphatic carbocycles. The highest BCUT2D eigenvalue weighted by molar-refractivity contribution is 9.10. The number of rotatable bonds is 4. The summed E-state index contributed by atoms with van der Waals surface area (Å²) in [6, 6.07) is 3.98. The fourth-order valence-electron chi connectivity index (χ4n) is 2.08. The minimum atomic E-state index is 0.0860. The van der Waals surface area contributed by atoms with Gasteiger partial charge in [0.05, 0.1) is 28.1 Å². The third kappa shape index (κ3) is 2.99. The maximum absolute atomic E-state index is 6.30. The van der Waals surface area contributed by atoms with Crippen LogP contribution in [0, 0.1) is 6.92 Å². The third-order valence-corrected chi connectivity index (χ3v) is 4.29. The molecule has 19 heavy (non-hydrogen) atoms. The number of aryl methyl sites for hydroxylation is 2. The minimum absolute atomic E-state index is 0.0860. The molecule has 0 fully saturated rings. The lowest BCUT2D eigenvalue weighted by molar-refractivity contribution is 0.547. The molecule has 1 atom stereocenters. The molecule has 0 amide bonds. The lowest BCUT2D eigenvalue weighted by Gasteiger charge is -2.17. The van der Waals surface area contributed by atoms with Crippen molar-refractivity contribution in [2.24, 2.45) is 7.05 Å². The molecule has 1 N–H and O–H groups in total. The molecule has 0 aliphatic heterocycles. The second-order valence-corrected chi connectivity index (χ2v) is 5.62. The van der Waals surface area contributed by atoms with Gasteiger partial charge in [-0.05, 0) is 42.0 Å². The fraction of sp³-hybridized carbons (Fsp3) is 0.385. The van der Waals surface area contributed by atoms with Crippen LogP contribution in [0.15, 0.2) is 22.8 Å². The summed E-state index contributed by atoms with van der Waals surface area (Å²) in [6.45, 7) is 1.91. The normalized spacial score (nSPS) is 12.7. The second-order valence-electron chi connectivity index (χ2n) is 4.39. The van der Waals surface area contributed by atoms with Crippen LogP contribution in [0.1, 0.15) is 23.1 Å². The Hall–Kier alpha value is -0.910. The monoisotopic (exact) mass is 342 g/mol. The zero-order chi connectivity index (χ0) is 14.0. The summed E-state index contributed by atoms with van der Waals surface area (Å²) in [5, 5.41) is 8.35. The number of likely N-dealkylation sites (N-methyl/N-ethyl adjacent to an activating group) is 1. The Labute approximate surface area is 126 Å². The van der Waals surface area contributed by atoms with Gasteiger partial charge in [0.2, 0.25) is 0 Å². The summed E-state index contributed by atoms with van der Waals surface area (Å²) < 4.78 is 2.82. The molecule has 0 spiro atoms. The first-order valence-corrected chi connectivity index (χ1v) is 7.17. The van der Waals surface area contributed by atoms with E-state index in [1.165, 1.54) is 0 Å². The Morgan fingerprint density at radius 2 is 2.26 bits per heavy atom. The van der Waals surface area contributed by atoms with Crippen LogP contribution in [0.5, 0.6) is 0 Å². The van der Waals surface area contributed by atoms with Crippen LogP contribution in [0.25, 0.3) is 0 Å². The van der Waals surface area contributed by atoms with Crippen LogP contribution in [-0.4, -0.2) is 21.8 Å². The lowest BCUT2D eigenvalue weighted by atomic mass is 10.1. The molecule has 102 valence electrons. The van der Waals surface area contributed by atoms with Crippen molar-refractivity contribution in [3.63, 3.8) is 0 Å². The molecule has 0 saturated carbocycles. The van der Waals surface area contributed by atoms with Gasteiger partial charge in [-0.1, -0.05) is 11.6 Å². The van der Waals surface area contributed by atoms with Crippen LogP contribution in [0.4, 0.5) is 0 Å². The average molecular weight is 344 g/mol. The van der Waals surface area contributed by atoms with Crippen molar-refractivity contribution in [1.29, 1.82) is 0 Å². The predicted molar refractivity (Wildman–Crippen MR) is 80.4 cm³/mol. The smallest absolute Gasteiger partial charge is 0.0847 e. The molecule has 1 unspecified atom stereocenters. The van der Waals surface area contributed by atoms with Gasteiger partial charge in [0.15, 0.2) is 0 Å². The summed E-state index contributed by atoms with van der Waals surface area (Å²) in [4.78, 5) is 4.43. The van der Waals surface area contributed by atoms with Gasteiger partial charge in [-0.25, -0.2) is 0 Å². The van der Waals surface area contributed by atoms with Gasteiger partial charge in [-0.3, -0.25) is 9.67 Å². The van der Waals surface area contributed by atoms with Gasteiger partial charge in [0, 0.05) is 24.1 Å². The molecule has 0 aromatic carbocycles. The number of hydrogen-bond acceptors (Lipinski definition) is 3. The summed E-state index contributed by atoms with van der Waals surface area (Å²) in [5.74, 6) is 0. The topological polar surface area (TPSA) is 42.7 Å². The van der Waals surface area contributed by atoms with Crippen molar-refractivity contribution in [3.8, 4) is 0 Å². The molecule has 0 saturated heterocycles. The van der Waals surface area contributed by atoms with E-state index in [1.54, 1.807) is 6.20 Å². The van der Waals surface area contributed by atoms with Gasteiger partial charge in [0.25, 0.3) is 0 Å². The maximum Gasteiger partial charge on any atom is 0.0847 e. The summed E-state index contributed by atoms with van der Waals surface area (Å²) in [6.07, 6.45) is 2.53. The summed E-state index contributed by atoms with van der Waals surface area (Å²) in [7, 11) is 3.83. The van der Waals surface area contributed by atoms with Gasteiger partial charge in [-0.15, -0.1) is 0 Å². The molecule has 2 heterocycles. The van der Waals surface area contributed by atoms with Crippen LogP contribution in [0.2, 0.25) is 5.02 Å². The molecule has 6 heteroatoms. The van der Waals surface area contributed by atoms with E-state index >= 15 is 0 Å². The van der Waals surface area contributed by atoms with Crippen molar-refractivity contribution < 1.29 is 0 Å². The van der Waals surface area contributed by atoms with E-state index in [9.17, 15) is 0 Å². The lowest BCUT2D eigenvalue weighted by Crippen LogP contribution is -2.21. The van der Waals surface area contributed by atoms with Crippen molar-refractivity contribution in [1.82, 2.24) is 20.1 Å². The molecular weight excluding hydrogens is 328 g/mol. The number of hydrogen-bond donors (Lipinski definition) is 1. The summed E-state index contributed by atoms with van der Waals surface area (Å²) >= 11 is 9.83. The molecule has 2 aromatic rings. The molecule has 2 rings (SSSR count). The number of nitrogens with one attached hydrogen (secondary N) is 1. The molecule has 0 bridgehead atoms. The Kier molecular flexibility index (Phi) is 4.60. The number of nitrogens with zero attached hydrogens (tertiary/aromatic N) is 3. The molecule has 4 nitrogen and oxygen atoms in total. The minimum Gasteiger partial charge on any atom is -0.311 e. The average Bonchev–Trinajstić information content (AvgIpc) is 2.63. The molecule has 0 radical (unpaired) electrons. The van der Waals surface area contributed by atoms with Gasteiger partial charge < -0.3 is 5.32 Å². The van der Waals surface area contributed by atoms with Crippen LogP contribution in [-0.2, 0) is 13.5 Å². The zero-order valence-corrected chi connectivity index (χ0v) is 13.5. The fourth-order valence-corrected chi connectivity index (χ4v) is 2.85. The van der Waals surface area contributed by atoms with E-state index < -0.39 is 0 Å². The molecule has 2 aromatic heterocycles. The third-order valence-electron chi connectivity index (χ3n) is 3.12. The number of aromatic nitrogens is 3. The maximum atomic E-state index is 6.30. The summed E-state index contributed by atoms with van der Waals surface area (Å²) in [5.41, 5.74) is 2.84. The zero-order valence-electron chi connectivity index (χ0n) is 11.1. The highest BCUT2D eigenvalue weighted by atomic mass is 79.9. The van der Waals surface area contributed by atoms with Crippen LogP contribution < -0.4 is 5.32 Å². The second kappa shape index (κ2) is 6.03. The Morgan fingerprint density at radius 3 is 2.79 bits per heavy atom. The van der Waals surface area contributed by atoms with Gasteiger partial charge in [-0.2, -0.15) is 5.10 Å². The van der Waals surface area contributed by atoms with Crippen molar-refractivity contribution >= 4 is 27.5 Å². The number of pyridine rings is 1. The molecule has 0 aliphatic rings. The highest BCUT2D eigenvalue weighted by Crippen LogP contribution is 2.27. The van der Waals surface area contributed by atoms with Crippen molar-refractivity contribution in [3.05, 3.63) is 44.9 Å². The van der Waals surface area contributed by atoms with Crippen molar-refractivity contribution in [2.45, 2.75) is 19.4 Å². The van der Waals surface area contributed by atoms with Gasteiger partial charge >= 0.3 is 0 Å². The Bertz CT molecular complexity index is 582. The predicted octanol–water partition coefficient (Wildman–Crippen LogP) is 3.04. The quantitative estimate of drug-likeness (QED) is 0.928. The largest absolute Gasteiger partial charge is 0.311 e.